The summed E-state index contributed by atoms with van der Waals surface area (Å²) < 4.78 is 19.6. The third-order valence-corrected chi connectivity index (χ3v) is 6.20. The van der Waals surface area contributed by atoms with Gasteiger partial charge in [0.05, 0.1) is 11.6 Å². The van der Waals surface area contributed by atoms with Gasteiger partial charge in [0, 0.05) is 24.2 Å². The van der Waals surface area contributed by atoms with E-state index >= 15 is 0 Å². The number of ether oxygens (including phenoxy) is 2. The van der Waals surface area contributed by atoms with Gasteiger partial charge in [-0.15, -0.1) is 0 Å². The Bertz CT molecular complexity index is 1170. The Morgan fingerprint density at radius 3 is 2.45 bits per heavy atom. The second kappa shape index (κ2) is 8.71. The fourth-order valence-corrected chi connectivity index (χ4v) is 4.76. The highest BCUT2D eigenvalue weighted by Gasteiger charge is 2.48. The van der Waals surface area contributed by atoms with Gasteiger partial charge in [0.15, 0.2) is 11.9 Å². The van der Waals surface area contributed by atoms with Crippen LogP contribution in [-0.4, -0.2) is 31.3 Å². The molecule has 0 amide bonds. The molecule has 0 spiro atoms. The first-order valence-electron chi connectivity index (χ1n) is 10.9. The van der Waals surface area contributed by atoms with E-state index in [-0.39, 0.29) is 11.0 Å². The maximum Gasteiger partial charge on any atom is 0.303 e. The van der Waals surface area contributed by atoms with Gasteiger partial charge in [-0.1, -0.05) is 20.8 Å². The van der Waals surface area contributed by atoms with Crippen LogP contribution in [0.1, 0.15) is 64.3 Å². The van der Waals surface area contributed by atoms with Gasteiger partial charge in [0.2, 0.25) is 0 Å². The van der Waals surface area contributed by atoms with Gasteiger partial charge in [-0.3, -0.25) is 9.59 Å². The highest BCUT2D eigenvalue weighted by Crippen LogP contribution is 2.44. The number of aromatic nitrogens is 1. The van der Waals surface area contributed by atoms with E-state index in [1.54, 1.807) is 29.0 Å². The van der Waals surface area contributed by atoms with E-state index < -0.39 is 32.8 Å². The van der Waals surface area contributed by atoms with Crippen LogP contribution < -0.4 is 14.7 Å². The fourth-order valence-electron chi connectivity index (χ4n) is 4.15. The van der Waals surface area contributed by atoms with Crippen molar-refractivity contribution < 1.29 is 18.7 Å². The third kappa shape index (κ3) is 4.83. The average molecular weight is 468 g/mol. The van der Waals surface area contributed by atoms with Crippen LogP contribution in [0, 0.1) is 11.3 Å². The van der Waals surface area contributed by atoms with Crippen LogP contribution in [0.25, 0.3) is 0 Å². The SMILES string of the molecule is CC(=O)O[C@H]1[C@H](n2ccc(C(C)(C)C)c(O[Si](C)C)c2=O)c2cc(C#N)ccc2OC1(C)C. The van der Waals surface area contributed by atoms with Crippen molar-refractivity contribution in [3.05, 3.63) is 57.5 Å². The summed E-state index contributed by atoms with van der Waals surface area (Å²) >= 11 is 0. The third-order valence-electron chi connectivity index (χ3n) is 5.58. The van der Waals surface area contributed by atoms with Crippen molar-refractivity contribution in [2.75, 3.05) is 0 Å². The summed E-state index contributed by atoms with van der Waals surface area (Å²) in [6.07, 6.45) is 0.911. The smallest absolute Gasteiger partial charge is 0.303 e. The van der Waals surface area contributed by atoms with E-state index in [9.17, 15) is 14.9 Å². The summed E-state index contributed by atoms with van der Waals surface area (Å²) in [5.41, 5.74) is 0.312. The molecule has 1 aliphatic rings. The Balaban J connectivity index is 2.35. The molecule has 0 aliphatic carbocycles. The highest BCUT2D eigenvalue weighted by molar-refractivity contribution is 6.49. The second-order valence-electron chi connectivity index (χ2n) is 10.1. The number of hydrogen-bond acceptors (Lipinski definition) is 6. The summed E-state index contributed by atoms with van der Waals surface area (Å²) in [6, 6.07) is 8.40. The predicted octanol–water partition coefficient (Wildman–Crippen LogP) is 4.34. The minimum atomic E-state index is -1.23. The van der Waals surface area contributed by atoms with Gasteiger partial charge in [-0.05, 0) is 56.6 Å². The molecule has 0 fully saturated rings. The van der Waals surface area contributed by atoms with Crippen molar-refractivity contribution in [2.24, 2.45) is 0 Å². The van der Waals surface area contributed by atoms with Gasteiger partial charge >= 0.3 is 5.97 Å². The highest BCUT2D eigenvalue weighted by atomic mass is 28.3. The number of hydrogen-bond donors (Lipinski definition) is 0. The number of nitrogens with zero attached hydrogens (tertiary/aromatic N) is 2. The minimum Gasteiger partial charge on any atom is -0.539 e. The Hall–Kier alpha value is -3.05. The molecule has 1 aliphatic heterocycles. The summed E-state index contributed by atoms with van der Waals surface area (Å²) in [6.45, 7) is 15.0. The maximum absolute atomic E-state index is 13.9. The molecule has 2 heterocycles. The average Bonchev–Trinajstić information content (AvgIpc) is 2.68. The molecule has 0 saturated carbocycles. The largest absolute Gasteiger partial charge is 0.539 e. The summed E-state index contributed by atoms with van der Waals surface area (Å²) in [5, 5.41) is 9.47. The molecule has 1 radical (unpaired) electrons. The van der Waals surface area contributed by atoms with Crippen molar-refractivity contribution in [2.45, 2.75) is 77.8 Å². The van der Waals surface area contributed by atoms with Gasteiger partial charge in [0.1, 0.15) is 17.4 Å². The molecule has 33 heavy (non-hydrogen) atoms. The maximum atomic E-state index is 13.9. The van der Waals surface area contributed by atoms with Gasteiger partial charge in [0.25, 0.3) is 14.6 Å². The number of pyridine rings is 1. The number of fused-ring (bicyclic) bond motifs is 1. The second-order valence-corrected chi connectivity index (χ2v) is 12.1. The van der Waals surface area contributed by atoms with Crippen LogP contribution in [-0.2, 0) is 14.9 Å². The minimum absolute atomic E-state index is 0.304. The van der Waals surface area contributed by atoms with Crippen LogP contribution in [0.4, 0.5) is 0 Å². The fraction of sp³-hybridized carbons (Fsp3) is 0.480. The first-order chi connectivity index (χ1) is 15.3. The monoisotopic (exact) mass is 467 g/mol. The Morgan fingerprint density at radius 2 is 1.91 bits per heavy atom. The molecular weight excluding hydrogens is 436 g/mol. The van der Waals surface area contributed by atoms with Crippen LogP contribution >= 0.6 is 0 Å². The molecular formula is C25H31N2O5Si. The molecule has 0 N–H and O–H groups in total. The topological polar surface area (TPSA) is 90.5 Å². The molecule has 0 unspecified atom stereocenters. The lowest BCUT2D eigenvalue weighted by Gasteiger charge is -2.44. The molecule has 8 heteroatoms. The molecule has 3 rings (SSSR count). The summed E-state index contributed by atoms with van der Waals surface area (Å²) in [5.74, 6) is 0.371. The summed E-state index contributed by atoms with van der Waals surface area (Å²) in [7, 11) is -1.23. The first kappa shape index (κ1) is 24.6. The van der Waals surface area contributed by atoms with Crippen LogP contribution in [0.2, 0.25) is 13.1 Å². The lowest BCUT2D eigenvalue weighted by Crippen LogP contribution is -2.54. The van der Waals surface area contributed by atoms with Crippen molar-refractivity contribution in [1.82, 2.24) is 4.57 Å². The molecule has 7 nitrogen and oxygen atoms in total. The quantitative estimate of drug-likeness (QED) is 0.491. The van der Waals surface area contributed by atoms with E-state index in [4.69, 9.17) is 13.9 Å². The normalized spacial score (nSPS) is 19.3. The Morgan fingerprint density at radius 1 is 1.24 bits per heavy atom. The zero-order chi connectivity index (χ0) is 24.7. The van der Waals surface area contributed by atoms with Crippen molar-refractivity contribution >= 4 is 15.0 Å². The zero-order valence-electron chi connectivity index (χ0n) is 20.5. The van der Waals surface area contributed by atoms with E-state index in [2.05, 4.69) is 6.07 Å². The van der Waals surface area contributed by atoms with Crippen LogP contribution in [0.15, 0.2) is 35.3 Å². The van der Waals surface area contributed by atoms with Crippen LogP contribution in [0.5, 0.6) is 11.5 Å². The van der Waals surface area contributed by atoms with E-state index in [1.807, 2.05) is 53.8 Å². The lowest BCUT2D eigenvalue weighted by atomic mass is 9.84. The predicted molar refractivity (Wildman–Crippen MR) is 127 cm³/mol. The zero-order valence-corrected chi connectivity index (χ0v) is 21.5. The molecule has 2 aromatic rings. The van der Waals surface area contributed by atoms with Crippen molar-refractivity contribution in [3.8, 4) is 17.6 Å². The molecule has 0 saturated heterocycles. The lowest BCUT2D eigenvalue weighted by molar-refractivity contribution is -0.163. The molecule has 2 atom stereocenters. The number of esters is 1. The van der Waals surface area contributed by atoms with Gasteiger partial charge in [-0.2, -0.15) is 5.26 Å². The number of carbonyl (C=O) groups is 1. The van der Waals surface area contributed by atoms with Gasteiger partial charge in [-0.25, -0.2) is 0 Å². The number of rotatable bonds is 4. The standard InChI is InChI=1S/C25H31N2O5Si/c1-15(28)30-22-20(17-13-16(14-26)9-10-19(17)31-25(22,5)6)27-12-11-18(24(2,3)4)21(23(27)29)32-33(7)8/h9-13,20,22H,1-8H3/t20-,22+/m1/s1. The van der Waals surface area contributed by atoms with E-state index in [0.717, 1.165) is 5.56 Å². The summed E-state index contributed by atoms with van der Waals surface area (Å²) in [4.78, 5) is 25.9. The Labute approximate surface area is 196 Å². The first-order valence-corrected chi connectivity index (χ1v) is 13.3. The van der Waals surface area contributed by atoms with Crippen molar-refractivity contribution in [3.63, 3.8) is 0 Å². The van der Waals surface area contributed by atoms with Crippen LogP contribution in [0.3, 0.4) is 0 Å². The molecule has 0 bridgehead atoms. The number of nitriles is 1. The number of benzene rings is 1. The van der Waals surface area contributed by atoms with Gasteiger partial charge < -0.3 is 18.5 Å². The Kier molecular flexibility index (Phi) is 6.49. The number of carbonyl (C=O) groups excluding carboxylic acids is 1. The van der Waals surface area contributed by atoms with Crippen molar-refractivity contribution in [1.29, 1.82) is 5.26 Å². The molecule has 175 valence electrons. The van der Waals surface area contributed by atoms with E-state index in [0.29, 0.717) is 22.6 Å². The molecule has 1 aromatic carbocycles. The van der Waals surface area contributed by atoms with E-state index in [1.165, 1.54) is 6.92 Å². The molecule has 1 aromatic heterocycles.